The van der Waals surface area contributed by atoms with Gasteiger partial charge in [0.2, 0.25) is 0 Å². The molecular formula is C16H22N2O2. The summed E-state index contributed by atoms with van der Waals surface area (Å²) < 4.78 is 6.75. The second-order valence-electron chi connectivity index (χ2n) is 5.23. The van der Waals surface area contributed by atoms with E-state index in [2.05, 4.69) is 32.2 Å². The number of rotatable bonds is 5. The Balaban J connectivity index is 2.54. The Morgan fingerprint density at radius 1 is 1.35 bits per heavy atom. The van der Waals surface area contributed by atoms with Crippen molar-refractivity contribution in [2.24, 2.45) is 5.73 Å². The number of aromatic nitrogens is 1. The third-order valence-electron chi connectivity index (χ3n) is 3.58. The summed E-state index contributed by atoms with van der Waals surface area (Å²) in [4.78, 5) is 11.6. The molecule has 108 valence electrons. The van der Waals surface area contributed by atoms with Gasteiger partial charge in [-0.05, 0) is 56.0 Å². The Labute approximate surface area is 119 Å². The van der Waals surface area contributed by atoms with Crippen molar-refractivity contribution in [3.05, 3.63) is 35.0 Å². The Bertz CT molecular complexity index is 629. The minimum absolute atomic E-state index is 0.230. The third kappa shape index (κ3) is 2.85. The molecule has 0 atom stereocenters. The van der Waals surface area contributed by atoms with Crippen molar-refractivity contribution in [3.63, 3.8) is 0 Å². The SMILES string of the molecule is COC(=O)Cn1cc(CCCN)c2c(C)cc(C)cc21. The Morgan fingerprint density at radius 2 is 2.10 bits per heavy atom. The molecule has 0 aliphatic heterocycles. The molecule has 0 bridgehead atoms. The second-order valence-corrected chi connectivity index (χ2v) is 5.23. The predicted octanol–water partition coefficient (Wildman–Crippen LogP) is 2.32. The molecule has 0 spiro atoms. The summed E-state index contributed by atoms with van der Waals surface area (Å²) in [6, 6.07) is 4.30. The lowest BCUT2D eigenvalue weighted by Gasteiger charge is -2.06. The summed E-state index contributed by atoms with van der Waals surface area (Å²) in [6.07, 6.45) is 3.94. The van der Waals surface area contributed by atoms with Gasteiger partial charge in [0, 0.05) is 17.1 Å². The molecule has 0 saturated heterocycles. The maximum absolute atomic E-state index is 11.6. The van der Waals surface area contributed by atoms with Crippen LogP contribution in [0.4, 0.5) is 0 Å². The number of carbonyl (C=O) groups is 1. The van der Waals surface area contributed by atoms with E-state index in [9.17, 15) is 4.79 Å². The number of carbonyl (C=O) groups excluding carboxylic acids is 1. The number of hydrogen-bond donors (Lipinski definition) is 1. The van der Waals surface area contributed by atoms with Crippen LogP contribution in [0, 0.1) is 13.8 Å². The molecule has 2 aromatic rings. The lowest BCUT2D eigenvalue weighted by molar-refractivity contribution is -0.141. The van der Waals surface area contributed by atoms with Crippen LogP contribution in [0.15, 0.2) is 18.3 Å². The zero-order valence-electron chi connectivity index (χ0n) is 12.4. The highest BCUT2D eigenvalue weighted by Gasteiger charge is 2.13. The van der Waals surface area contributed by atoms with Crippen LogP contribution < -0.4 is 5.73 Å². The standard InChI is InChI=1S/C16H22N2O2/c1-11-7-12(2)16-13(5-4-6-17)9-18(14(16)8-11)10-15(19)20-3/h7-9H,4-6,10,17H2,1-3H3. The molecule has 0 saturated carbocycles. The fraction of sp³-hybridized carbons (Fsp3) is 0.438. The van der Waals surface area contributed by atoms with Crippen molar-refractivity contribution in [2.45, 2.75) is 33.2 Å². The molecule has 0 fully saturated rings. The topological polar surface area (TPSA) is 57.2 Å². The van der Waals surface area contributed by atoms with Gasteiger partial charge in [-0.15, -0.1) is 0 Å². The van der Waals surface area contributed by atoms with Gasteiger partial charge in [-0.1, -0.05) is 6.07 Å². The normalized spacial score (nSPS) is 11.0. The van der Waals surface area contributed by atoms with Crippen LogP contribution in [-0.4, -0.2) is 24.2 Å². The third-order valence-corrected chi connectivity index (χ3v) is 3.58. The first kappa shape index (κ1) is 14.6. The molecular weight excluding hydrogens is 252 g/mol. The van der Waals surface area contributed by atoms with Gasteiger partial charge < -0.3 is 15.0 Å². The van der Waals surface area contributed by atoms with Crippen LogP contribution in [0.3, 0.4) is 0 Å². The van der Waals surface area contributed by atoms with Crippen molar-refractivity contribution < 1.29 is 9.53 Å². The van der Waals surface area contributed by atoms with Gasteiger partial charge in [0.15, 0.2) is 0 Å². The monoisotopic (exact) mass is 274 g/mol. The molecule has 1 aromatic heterocycles. The van der Waals surface area contributed by atoms with Crippen molar-refractivity contribution in [3.8, 4) is 0 Å². The van der Waals surface area contributed by atoms with E-state index >= 15 is 0 Å². The highest BCUT2D eigenvalue weighted by atomic mass is 16.5. The van der Waals surface area contributed by atoms with Gasteiger partial charge in [-0.25, -0.2) is 0 Å². The quantitative estimate of drug-likeness (QED) is 0.851. The van der Waals surface area contributed by atoms with E-state index in [1.807, 2.05) is 4.57 Å². The number of esters is 1. The zero-order chi connectivity index (χ0) is 14.7. The van der Waals surface area contributed by atoms with E-state index in [-0.39, 0.29) is 12.5 Å². The van der Waals surface area contributed by atoms with Crippen LogP contribution in [0.2, 0.25) is 0 Å². The van der Waals surface area contributed by atoms with E-state index < -0.39 is 0 Å². The summed E-state index contributed by atoms with van der Waals surface area (Å²) in [5.41, 5.74) is 10.4. The van der Waals surface area contributed by atoms with Crippen LogP contribution >= 0.6 is 0 Å². The number of fused-ring (bicyclic) bond motifs is 1. The second kappa shape index (κ2) is 6.09. The summed E-state index contributed by atoms with van der Waals surface area (Å²) in [7, 11) is 1.42. The number of hydrogen-bond acceptors (Lipinski definition) is 3. The fourth-order valence-corrected chi connectivity index (χ4v) is 2.73. The molecule has 1 aromatic carbocycles. The summed E-state index contributed by atoms with van der Waals surface area (Å²) >= 11 is 0. The van der Waals surface area contributed by atoms with Crippen LogP contribution in [0.5, 0.6) is 0 Å². The van der Waals surface area contributed by atoms with Crippen LogP contribution in [-0.2, 0) is 22.5 Å². The van der Waals surface area contributed by atoms with Gasteiger partial charge in [-0.2, -0.15) is 0 Å². The lowest BCUT2D eigenvalue weighted by Crippen LogP contribution is -2.10. The van der Waals surface area contributed by atoms with Gasteiger partial charge in [0.1, 0.15) is 6.54 Å². The zero-order valence-corrected chi connectivity index (χ0v) is 12.4. The average Bonchev–Trinajstić information content (AvgIpc) is 2.74. The first-order valence-electron chi connectivity index (χ1n) is 6.92. The number of nitrogens with two attached hydrogens (primary N) is 1. The Kier molecular flexibility index (Phi) is 4.45. The van der Waals surface area contributed by atoms with Gasteiger partial charge >= 0.3 is 5.97 Å². The van der Waals surface area contributed by atoms with Crippen LogP contribution in [0.1, 0.15) is 23.1 Å². The fourth-order valence-electron chi connectivity index (χ4n) is 2.73. The minimum atomic E-state index is -0.230. The van der Waals surface area contributed by atoms with Crippen molar-refractivity contribution >= 4 is 16.9 Å². The van der Waals surface area contributed by atoms with Crippen molar-refractivity contribution in [2.75, 3.05) is 13.7 Å². The van der Waals surface area contributed by atoms with Gasteiger partial charge in [-0.3, -0.25) is 4.79 Å². The minimum Gasteiger partial charge on any atom is -0.468 e. The van der Waals surface area contributed by atoms with E-state index in [0.717, 1.165) is 18.4 Å². The van der Waals surface area contributed by atoms with E-state index in [1.165, 1.54) is 29.2 Å². The molecule has 0 radical (unpaired) electrons. The molecule has 20 heavy (non-hydrogen) atoms. The average molecular weight is 274 g/mol. The maximum Gasteiger partial charge on any atom is 0.325 e. The highest BCUT2D eigenvalue weighted by Crippen LogP contribution is 2.27. The molecule has 0 amide bonds. The molecule has 2 N–H and O–H groups in total. The predicted molar refractivity (Wildman–Crippen MR) is 80.8 cm³/mol. The molecule has 0 unspecified atom stereocenters. The first-order valence-corrected chi connectivity index (χ1v) is 6.92. The van der Waals surface area contributed by atoms with E-state index in [0.29, 0.717) is 6.54 Å². The van der Waals surface area contributed by atoms with Crippen LogP contribution in [0.25, 0.3) is 10.9 Å². The number of aryl methyl sites for hydroxylation is 3. The van der Waals surface area contributed by atoms with Crippen molar-refractivity contribution in [1.29, 1.82) is 0 Å². The Hall–Kier alpha value is -1.81. The summed E-state index contributed by atoms with van der Waals surface area (Å²) in [5, 5.41) is 1.24. The Morgan fingerprint density at radius 3 is 2.75 bits per heavy atom. The molecule has 4 nitrogen and oxygen atoms in total. The van der Waals surface area contributed by atoms with Crippen molar-refractivity contribution in [1.82, 2.24) is 4.57 Å². The molecule has 0 aliphatic carbocycles. The number of nitrogens with zero attached hydrogens (tertiary/aromatic N) is 1. The number of benzene rings is 1. The largest absolute Gasteiger partial charge is 0.468 e. The molecule has 2 rings (SSSR count). The smallest absolute Gasteiger partial charge is 0.325 e. The summed E-state index contributed by atoms with van der Waals surface area (Å²) in [6.45, 7) is 5.11. The molecule has 0 aliphatic rings. The van der Waals surface area contributed by atoms with Gasteiger partial charge in [0.25, 0.3) is 0 Å². The molecule has 1 heterocycles. The summed E-state index contributed by atoms with van der Waals surface area (Å²) in [5.74, 6) is -0.230. The first-order chi connectivity index (χ1) is 9.56. The van der Waals surface area contributed by atoms with E-state index in [1.54, 1.807) is 0 Å². The lowest BCUT2D eigenvalue weighted by atomic mass is 10.0. The molecule has 4 heteroatoms. The number of methoxy groups -OCH3 is 1. The highest BCUT2D eigenvalue weighted by molar-refractivity contribution is 5.89. The van der Waals surface area contributed by atoms with Gasteiger partial charge in [0.05, 0.1) is 7.11 Å². The number of ether oxygens (including phenoxy) is 1. The maximum atomic E-state index is 11.6. The van der Waals surface area contributed by atoms with E-state index in [4.69, 9.17) is 10.5 Å².